The lowest BCUT2D eigenvalue weighted by molar-refractivity contribution is -0.119. The fraction of sp³-hybridized carbons (Fsp3) is 0.429. The summed E-state index contributed by atoms with van der Waals surface area (Å²) in [5.74, 6) is 0.514. The number of aromatic amines is 1. The molecule has 0 amide bonds. The predicted molar refractivity (Wildman–Crippen MR) is 120 cm³/mol. The number of anilines is 1. The Morgan fingerprint density at radius 3 is 2.58 bits per heavy atom. The lowest BCUT2D eigenvalue weighted by Gasteiger charge is -2.36. The van der Waals surface area contributed by atoms with Crippen LogP contribution in [0.1, 0.15) is 25.7 Å². The van der Waals surface area contributed by atoms with Crippen LogP contribution in [0.2, 0.25) is 5.02 Å². The van der Waals surface area contributed by atoms with Crippen LogP contribution in [-0.4, -0.2) is 56.0 Å². The van der Waals surface area contributed by atoms with Crippen molar-refractivity contribution in [2.75, 3.05) is 31.1 Å². The van der Waals surface area contributed by atoms with Gasteiger partial charge in [0.05, 0.1) is 12.6 Å². The Hall–Kier alpha value is -2.91. The number of ketones is 1. The maximum absolute atomic E-state index is 12.6. The van der Waals surface area contributed by atoms with Crippen molar-refractivity contribution < 1.29 is 4.79 Å². The topological polar surface area (TPSA) is 96.2 Å². The van der Waals surface area contributed by atoms with Crippen molar-refractivity contribution in [3.63, 3.8) is 0 Å². The first-order chi connectivity index (χ1) is 14.8. The minimum Gasteiger partial charge on any atom is -0.369 e. The van der Waals surface area contributed by atoms with Gasteiger partial charge in [0.1, 0.15) is 5.82 Å². The molecule has 0 bridgehead atoms. The minimum absolute atomic E-state index is 0.0837. The average Bonchev–Trinajstić information content (AvgIpc) is 3.11. The SMILES string of the molecule is CC(=O)[C@@H](C)n1c(CN2CCN(c3cccc(Cl)c3)CC2)nc2c1c(=O)[nH]c(=O)n2C. The van der Waals surface area contributed by atoms with Crippen LogP contribution in [-0.2, 0) is 18.4 Å². The molecule has 1 aromatic carbocycles. The second-order valence-corrected chi connectivity index (χ2v) is 8.35. The molecule has 164 valence electrons. The molecule has 0 spiro atoms. The number of imidazole rings is 1. The van der Waals surface area contributed by atoms with Gasteiger partial charge in [-0.15, -0.1) is 0 Å². The van der Waals surface area contributed by atoms with E-state index in [0.29, 0.717) is 17.4 Å². The summed E-state index contributed by atoms with van der Waals surface area (Å²) in [4.78, 5) is 48.2. The predicted octanol–water partition coefficient (Wildman–Crippen LogP) is 1.55. The van der Waals surface area contributed by atoms with Gasteiger partial charge in [0.2, 0.25) is 0 Å². The second-order valence-electron chi connectivity index (χ2n) is 7.92. The van der Waals surface area contributed by atoms with Gasteiger partial charge >= 0.3 is 5.69 Å². The number of nitrogens with one attached hydrogen (secondary N) is 1. The molecule has 4 rings (SSSR count). The third kappa shape index (κ3) is 4.03. The van der Waals surface area contributed by atoms with Crippen molar-refractivity contribution in [2.24, 2.45) is 7.05 Å². The van der Waals surface area contributed by atoms with Crippen molar-refractivity contribution >= 4 is 34.2 Å². The zero-order valence-corrected chi connectivity index (χ0v) is 18.5. The Morgan fingerprint density at radius 2 is 1.94 bits per heavy atom. The number of nitrogens with zero attached hydrogens (tertiary/aromatic N) is 5. The molecule has 10 heteroatoms. The average molecular weight is 445 g/mol. The second kappa shape index (κ2) is 8.32. The highest BCUT2D eigenvalue weighted by Gasteiger charge is 2.26. The molecule has 1 aliphatic heterocycles. The van der Waals surface area contributed by atoms with E-state index < -0.39 is 17.3 Å². The molecule has 1 aliphatic rings. The van der Waals surface area contributed by atoms with Crippen LogP contribution < -0.4 is 16.1 Å². The van der Waals surface area contributed by atoms with Crippen molar-refractivity contribution in [1.29, 1.82) is 0 Å². The number of hydrogen-bond acceptors (Lipinski definition) is 6. The quantitative estimate of drug-likeness (QED) is 0.641. The van der Waals surface area contributed by atoms with Gasteiger partial charge in [0.25, 0.3) is 5.56 Å². The van der Waals surface area contributed by atoms with Crippen molar-refractivity contribution in [3.8, 4) is 0 Å². The van der Waals surface area contributed by atoms with Crippen LogP contribution >= 0.6 is 11.6 Å². The molecule has 0 saturated carbocycles. The van der Waals surface area contributed by atoms with Gasteiger partial charge in [-0.1, -0.05) is 17.7 Å². The highest BCUT2D eigenvalue weighted by Crippen LogP contribution is 2.23. The first-order valence-electron chi connectivity index (χ1n) is 10.2. The Balaban J connectivity index is 1.63. The van der Waals surface area contributed by atoms with Crippen molar-refractivity contribution in [3.05, 3.63) is 56.0 Å². The zero-order valence-electron chi connectivity index (χ0n) is 17.8. The fourth-order valence-electron chi connectivity index (χ4n) is 3.99. The smallest absolute Gasteiger partial charge is 0.329 e. The monoisotopic (exact) mass is 444 g/mol. The summed E-state index contributed by atoms with van der Waals surface area (Å²) < 4.78 is 2.97. The Bertz CT molecular complexity index is 1250. The number of fused-ring (bicyclic) bond motifs is 1. The molecule has 1 atom stereocenters. The third-order valence-electron chi connectivity index (χ3n) is 5.91. The molecule has 3 heterocycles. The van der Waals surface area contributed by atoms with E-state index in [2.05, 4.69) is 19.8 Å². The number of hydrogen-bond donors (Lipinski definition) is 1. The van der Waals surface area contributed by atoms with Crippen LogP contribution in [0.15, 0.2) is 33.9 Å². The van der Waals surface area contributed by atoms with E-state index in [9.17, 15) is 14.4 Å². The molecule has 9 nitrogen and oxygen atoms in total. The molecule has 1 N–H and O–H groups in total. The molecule has 3 aromatic rings. The number of halogens is 1. The Morgan fingerprint density at radius 1 is 1.23 bits per heavy atom. The highest BCUT2D eigenvalue weighted by atomic mass is 35.5. The van der Waals surface area contributed by atoms with Gasteiger partial charge in [-0.25, -0.2) is 9.78 Å². The number of piperazine rings is 1. The maximum Gasteiger partial charge on any atom is 0.329 e. The van der Waals surface area contributed by atoms with E-state index in [1.165, 1.54) is 11.5 Å². The first-order valence-corrected chi connectivity index (χ1v) is 10.6. The molecule has 2 aromatic heterocycles. The van der Waals surface area contributed by atoms with Gasteiger partial charge in [-0.2, -0.15) is 0 Å². The maximum atomic E-state index is 12.6. The molecule has 31 heavy (non-hydrogen) atoms. The molecule has 0 radical (unpaired) electrons. The number of carbonyl (C=O) groups excluding carboxylic acids is 1. The van der Waals surface area contributed by atoms with E-state index in [1.807, 2.05) is 24.3 Å². The van der Waals surface area contributed by atoms with Gasteiger partial charge in [0.15, 0.2) is 16.9 Å². The summed E-state index contributed by atoms with van der Waals surface area (Å²) in [6.45, 7) is 6.93. The van der Waals surface area contributed by atoms with Gasteiger partial charge in [-0.3, -0.25) is 24.0 Å². The first kappa shape index (κ1) is 21.3. The molecule has 1 fully saturated rings. The number of H-pyrrole nitrogens is 1. The van der Waals surface area contributed by atoms with E-state index in [0.717, 1.165) is 31.9 Å². The van der Waals surface area contributed by atoms with Crippen molar-refractivity contribution in [1.82, 2.24) is 24.0 Å². The summed E-state index contributed by atoms with van der Waals surface area (Å²) in [6, 6.07) is 7.24. The minimum atomic E-state index is -0.564. The van der Waals surface area contributed by atoms with E-state index in [1.54, 1.807) is 18.5 Å². The Labute approximate surface area is 183 Å². The molecule has 0 aliphatic carbocycles. The number of carbonyl (C=O) groups is 1. The normalized spacial score (nSPS) is 16.1. The van der Waals surface area contributed by atoms with Crippen LogP contribution in [0.5, 0.6) is 0 Å². The van der Waals surface area contributed by atoms with E-state index in [4.69, 9.17) is 11.6 Å². The lowest BCUT2D eigenvalue weighted by atomic mass is 10.2. The summed E-state index contributed by atoms with van der Waals surface area (Å²) in [7, 11) is 1.56. The molecule has 0 unspecified atom stereocenters. The molecule has 1 saturated heterocycles. The zero-order chi connectivity index (χ0) is 22.3. The third-order valence-corrected chi connectivity index (χ3v) is 6.15. The number of aromatic nitrogens is 4. The van der Waals surface area contributed by atoms with Crippen LogP contribution in [0.3, 0.4) is 0 Å². The van der Waals surface area contributed by atoms with Crippen LogP contribution in [0.4, 0.5) is 5.69 Å². The molecular formula is C21H25ClN6O3. The highest BCUT2D eigenvalue weighted by molar-refractivity contribution is 6.30. The van der Waals surface area contributed by atoms with Crippen LogP contribution in [0.25, 0.3) is 11.2 Å². The molecular weight excluding hydrogens is 420 g/mol. The number of aryl methyl sites for hydroxylation is 1. The standard InChI is InChI=1S/C21H25ClN6O3/c1-13(14(2)29)28-17(23-19-18(28)20(30)24-21(31)25(19)3)12-26-7-9-27(10-8-26)16-6-4-5-15(22)11-16/h4-6,11,13H,7-10,12H2,1-3H3,(H,24,30,31)/t13-/m1/s1. The number of benzene rings is 1. The number of Topliss-reactive ketones (excluding diaryl/α,β-unsaturated/α-hetero) is 1. The lowest BCUT2D eigenvalue weighted by Crippen LogP contribution is -2.46. The Kier molecular flexibility index (Phi) is 5.72. The van der Waals surface area contributed by atoms with Gasteiger partial charge < -0.3 is 9.47 Å². The summed E-state index contributed by atoms with van der Waals surface area (Å²) in [5.41, 5.74) is 0.563. The van der Waals surface area contributed by atoms with Crippen molar-refractivity contribution in [2.45, 2.75) is 26.4 Å². The van der Waals surface area contributed by atoms with Crippen LogP contribution in [0, 0.1) is 0 Å². The summed E-state index contributed by atoms with van der Waals surface area (Å²) in [5, 5.41) is 0.711. The summed E-state index contributed by atoms with van der Waals surface area (Å²) >= 11 is 6.12. The van der Waals surface area contributed by atoms with E-state index >= 15 is 0 Å². The summed E-state index contributed by atoms with van der Waals surface area (Å²) in [6.07, 6.45) is 0. The number of rotatable bonds is 5. The van der Waals surface area contributed by atoms with Gasteiger partial charge in [0, 0.05) is 43.9 Å². The largest absolute Gasteiger partial charge is 0.369 e. The van der Waals surface area contributed by atoms with E-state index in [-0.39, 0.29) is 16.9 Å². The fourth-order valence-corrected chi connectivity index (χ4v) is 4.18. The van der Waals surface area contributed by atoms with Gasteiger partial charge in [-0.05, 0) is 32.0 Å².